The molecule has 3 heterocycles. The SMILES string of the molecule is Cc1occc1-c1nnc(SCC(=O)c2ccc3c(c2)CCC(=O)N3)o1. The van der Waals surface area contributed by atoms with Gasteiger partial charge >= 0.3 is 0 Å². The number of ketones is 1. The minimum Gasteiger partial charge on any atom is -0.469 e. The Balaban J connectivity index is 1.42. The molecule has 1 aliphatic rings. The van der Waals surface area contributed by atoms with Crippen molar-refractivity contribution in [3.63, 3.8) is 0 Å². The second-order valence-corrected chi connectivity index (χ2v) is 6.82. The van der Waals surface area contributed by atoms with E-state index in [9.17, 15) is 9.59 Å². The van der Waals surface area contributed by atoms with Crippen LogP contribution in [0.1, 0.15) is 28.1 Å². The lowest BCUT2D eigenvalue weighted by Crippen LogP contribution is -2.19. The van der Waals surface area contributed by atoms with Crippen LogP contribution in [0.25, 0.3) is 11.5 Å². The maximum atomic E-state index is 12.4. The number of thioether (sulfide) groups is 1. The molecule has 1 aliphatic heterocycles. The van der Waals surface area contributed by atoms with E-state index in [2.05, 4.69) is 15.5 Å². The molecule has 0 saturated heterocycles. The van der Waals surface area contributed by atoms with Crippen LogP contribution < -0.4 is 5.32 Å². The van der Waals surface area contributed by atoms with Crippen LogP contribution in [-0.4, -0.2) is 27.6 Å². The quantitative estimate of drug-likeness (QED) is 0.543. The molecule has 0 atom stereocenters. The molecule has 0 saturated carbocycles. The lowest BCUT2D eigenvalue weighted by Gasteiger charge is -2.17. The molecular weight excluding hydrogens is 354 g/mol. The standard InChI is InChI=1S/C18H15N3O4S/c1-10-13(6-7-24-10)17-20-21-18(25-17)26-9-15(22)12-2-4-14-11(8-12)3-5-16(23)19-14/h2,4,6-8H,3,5,9H2,1H3,(H,19,23). The normalized spacial score (nSPS) is 13.3. The number of rotatable bonds is 5. The fourth-order valence-corrected chi connectivity index (χ4v) is 3.41. The minimum atomic E-state index is -0.0334. The number of amides is 1. The molecule has 2 aromatic heterocycles. The number of aromatic nitrogens is 2. The summed E-state index contributed by atoms with van der Waals surface area (Å²) in [5.41, 5.74) is 3.11. The van der Waals surface area contributed by atoms with Gasteiger partial charge in [0.1, 0.15) is 5.76 Å². The van der Waals surface area contributed by atoms with Crippen molar-refractivity contribution in [2.75, 3.05) is 11.1 Å². The highest BCUT2D eigenvalue weighted by molar-refractivity contribution is 7.99. The van der Waals surface area contributed by atoms with Gasteiger partial charge in [0.15, 0.2) is 5.78 Å². The van der Waals surface area contributed by atoms with Gasteiger partial charge in [0, 0.05) is 17.7 Å². The number of fused-ring (bicyclic) bond motifs is 1. The van der Waals surface area contributed by atoms with Crippen molar-refractivity contribution in [3.8, 4) is 11.5 Å². The summed E-state index contributed by atoms with van der Waals surface area (Å²) < 4.78 is 10.8. The van der Waals surface area contributed by atoms with Crippen LogP contribution in [0, 0.1) is 6.92 Å². The van der Waals surface area contributed by atoms with E-state index in [1.807, 2.05) is 13.0 Å². The first-order valence-corrected chi connectivity index (χ1v) is 9.05. The van der Waals surface area contributed by atoms with Crippen LogP contribution >= 0.6 is 11.8 Å². The molecule has 132 valence electrons. The number of furan rings is 1. The molecule has 0 unspecified atom stereocenters. The summed E-state index contributed by atoms with van der Waals surface area (Å²) in [6.45, 7) is 1.81. The highest BCUT2D eigenvalue weighted by atomic mass is 32.2. The molecular formula is C18H15N3O4S. The molecule has 1 aromatic carbocycles. The monoisotopic (exact) mass is 369 g/mol. The number of carbonyl (C=O) groups excluding carboxylic acids is 2. The van der Waals surface area contributed by atoms with E-state index in [4.69, 9.17) is 8.83 Å². The van der Waals surface area contributed by atoms with Gasteiger partial charge in [-0.2, -0.15) is 0 Å². The molecule has 3 aromatic rings. The number of benzene rings is 1. The molecule has 0 bridgehead atoms. The topological polar surface area (TPSA) is 98.2 Å². The van der Waals surface area contributed by atoms with Crippen molar-refractivity contribution in [2.45, 2.75) is 25.0 Å². The molecule has 0 aliphatic carbocycles. The highest BCUT2D eigenvalue weighted by Crippen LogP contribution is 2.28. The number of carbonyl (C=O) groups is 2. The van der Waals surface area contributed by atoms with Crippen molar-refractivity contribution in [1.29, 1.82) is 0 Å². The molecule has 26 heavy (non-hydrogen) atoms. The fourth-order valence-electron chi connectivity index (χ4n) is 2.75. The summed E-state index contributed by atoms with van der Waals surface area (Å²) in [6.07, 6.45) is 2.65. The Morgan fingerprint density at radius 3 is 2.96 bits per heavy atom. The first kappa shape index (κ1) is 16.6. The van der Waals surface area contributed by atoms with E-state index >= 15 is 0 Å². The number of aryl methyl sites for hydroxylation is 2. The van der Waals surface area contributed by atoms with Crippen LogP contribution in [0.2, 0.25) is 0 Å². The van der Waals surface area contributed by atoms with E-state index in [0.29, 0.717) is 35.3 Å². The van der Waals surface area contributed by atoms with E-state index < -0.39 is 0 Å². The number of nitrogens with one attached hydrogen (secondary N) is 1. The second kappa shape index (κ2) is 6.80. The smallest absolute Gasteiger partial charge is 0.277 e. The third-order valence-electron chi connectivity index (χ3n) is 4.15. The van der Waals surface area contributed by atoms with Crippen LogP contribution in [0.15, 0.2) is 44.6 Å². The third kappa shape index (κ3) is 3.28. The molecule has 0 spiro atoms. The number of hydrogen-bond donors (Lipinski definition) is 1. The van der Waals surface area contributed by atoms with Crippen LogP contribution in [-0.2, 0) is 11.2 Å². The summed E-state index contributed by atoms with van der Waals surface area (Å²) >= 11 is 1.19. The average Bonchev–Trinajstić information content (AvgIpc) is 3.27. The lowest BCUT2D eigenvalue weighted by atomic mass is 9.99. The maximum absolute atomic E-state index is 12.4. The van der Waals surface area contributed by atoms with Crippen molar-refractivity contribution in [3.05, 3.63) is 47.4 Å². The summed E-state index contributed by atoms with van der Waals surface area (Å²) in [4.78, 5) is 23.8. The third-order valence-corrected chi connectivity index (χ3v) is 4.96. The van der Waals surface area contributed by atoms with E-state index in [1.54, 1.807) is 24.5 Å². The lowest BCUT2D eigenvalue weighted by molar-refractivity contribution is -0.116. The van der Waals surface area contributed by atoms with Crippen molar-refractivity contribution >= 4 is 29.1 Å². The number of Topliss-reactive ketones (excluding diaryl/α,β-unsaturated/α-hetero) is 1. The Kier molecular flexibility index (Phi) is 4.34. The molecule has 0 fully saturated rings. The van der Waals surface area contributed by atoms with Crippen LogP contribution in [0.3, 0.4) is 0 Å². The predicted octanol–water partition coefficient (Wildman–Crippen LogP) is 3.50. The second-order valence-electron chi connectivity index (χ2n) is 5.90. The zero-order valence-electron chi connectivity index (χ0n) is 13.9. The molecule has 1 N–H and O–H groups in total. The number of hydrogen-bond acceptors (Lipinski definition) is 7. The van der Waals surface area contributed by atoms with Crippen molar-refractivity contribution in [2.24, 2.45) is 0 Å². The van der Waals surface area contributed by atoms with Crippen molar-refractivity contribution in [1.82, 2.24) is 10.2 Å². The van der Waals surface area contributed by atoms with Gasteiger partial charge in [-0.3, -0.25) is 9.59 Å². The summed E-state index contributed by atoms with van der Waals surface area (Å²) in [7, 11) is 0. The highest BCUT2D eigenvalue weighted by Gasteiger charge is 2.18. The maximum Gasteiger partial charge on any atom is 0.277 e. The molecule has 1 amide bonds. The molecule has 7 nitrogen and oxygen atoms in total. The van der Waals surface area contributed by atoms with Gasteiger partial charge in [0.2, 0.25) is 5.91 Å². The Morgan fingerprint density at radius 1 is 1.27 bits per heavy atom. The minimum absolute atomic E-state index is 0.00666. The van der Waals surface area contributed by atoms with Gasteiger partial charge in [-0.1, -0.05) is 11.8 Å². The first-order valence-electron chi connectivity index (χ1n) is 8.07. The Labute approximate surface area is 153 Å². The average molecular weight is 369 g/mol. The predicted molar refractivity (Wildman–Crippen MR) is 95.2 cm³/mol. The molecule has 4 rings (SSSR count). The molecule has 0 radical (unpaired) electrons. The zero-order chi connectivity index (χ0) is 18.1. The van der Waals surface area contributed by atoms with E-state index in [-0.39, 0.29) is 17.4 Å². The first-order chi connectivity index (χ1) is 12.6. The summed E-state index contributed by atoms with van der Waals surface area (Å²) in [6, 6.07) is 7.10. The Hall–Kier alpha value is -2.87. The summed E-state index contributed by atoms with van der Waals surface area (Å²) in [5, 5.41) is 11.1. The fraction of sp³-hybridized carbons (Fsp3) is 0.222. The Bertz CT molecular complexity index is 992. The van der Waals surface area contributed by atoms with E-state index in [1.165, 1.54) is 11.8 Å². The molecule has 8 heteroatoms. The summed E-state index contributed by atoms with van der Waals surface area (Å²) in [5.74, 6) is 1.23. The largest absolute Gasteiger partial charge is 0.469 e. The van der Waals surface area contributed by atoms with Gasteiger partial charge in [-0.25, -0.2) is 0 Å². The number of nitrogens with zero attached hydrogens (tertiary/aromatic N) is 2. The van der Waals surface area contributed by atoms with Crippen LogP contribution in [0.5, 0.6) is 0 Å². The van der Waals surface area contributed by atoms with Crippen molar-refractivity contribution < 1.29 is 18.4 Å². The van der Waals surface area contributed by atoms with Gasteiger partial charge in [-0.05, 0) is 43.2 Å². The zero-order valence-corrected chi connectivity index (χ0v) is 14.8. The number of anilines is 1. The van der Waals surface area contributed by atoms with E-state index in [0.717, 1.165) is 16.8 Å². The van der Waals surface area contributed by atoms with Crippen LogP contribution in [0.4, 0.5) is 5.69 Å². The van der Waals surface area contributed by atoms with Gasteiger partial charge in [0.25, 0.3) is 11.1 Å². The van der Waals surface area contributed by atoms with Gasteiger partial charge < -0.3 is 14.2 Å². The Morgan fingerprint density at radius 2 is 2.15 bits per heavy atom. The van der Waals surface area contributed by atoms with Gasteiger partial charge in [-0.15, -0.1) is 10.2 Å². The van der Waals surface area contributed by atoms with Gasteiger partial charge in [0.05, 0.1) is 17.6 Å².